The fourth-order valence-corrected chi connectivity index (χ4v) is 1.90. The number of aryl methyl sites for hydroxylation is 1. The molecule has 0 aromatic heterocycles. The van der Waals surface area contributed by atoms with Gasteiger partial charge in [0.05, 0.1) is 0 Å². The molecule has 3 heteroatoms. The molecule has 0 heterocycles. The molecule has 0 fully saturated rings. The predicted molar refractivity (Wildman–Crippen MR) is 76.2 cm³/mol. The van der Waals surface area contributed by atoms with Crippen LogP contribution in [0.15, 0.2) is 42.5 Å². The van der Waals surface area contributed by atoms with E-state index in [9.17, 15) is 5.11 Å². The number of aromatic hydroxyl groups is 1. The highest BCUT2D eigenvalue weighted by molar-refractivity contribution is 5.39. The number of benzene rings is 2. The molecule has 100 valence electrons. The van der Waals surface area contributed by atoms with Crippen molar-refractivity contribution in [3.63, 3.8) is 0 Å². The molecule has 0 amide bonds. The first kappa shape index (κ1) is 13.4. The van der Waals surface area contributed by atoms with Gasteiger partial charge in [-0.3, -0.25) is 0 Å². The Labute approximate surface area is 113 Å². The summed E-state index contributed by atoms with van der Waals surface area (Å²) in [5.41, 5.74) is 9.10. The summed E-state index contributed by atoms with van der Waals surface area (Å²) in [6.07, 6.45) is 0. The van der Waals surface area contributed by atoms with E-state index >= 15 is 0 Å². The zero-order chi connectivity index (χ0) is 13.8. The van der Waals surface area contributed by atoms with Gasteiger partial charge >= 0.3 is 0 Å². The first-order chi connectivity index (χ1) is 9.06. The van der Waals surface area contributed by atoms with Crippen LogP contribution in [-0.4, -0.2) is 5.11 Å². The molecule has 0 aliphatic heterocycles. The maximum atomic E-state index is 9.24. The zero-order valence-electron chi connectivity index (χ0n) is 11.3. The van der Waals surface area contributed by atoms with Crippen molar-refractivity contribution in [3.8, 4) is 11.5 Å². The second-order valence-electron chi connectivity index (χ2n) is 4.79. The van der Waals surface area contributed by atoms with Crippen molar-refractivity contribution in [2.45, 2.75) is 26.5 Å². The first-order valence-electron chi connectivity index (χ1n) is 6.33. The van der Waals surface area contributed by atoms with E-state index < -0.39 is 0 Å². The third kappa shape index (κ3) is 3.48. The van der Waals surface area contributed by atoms with E-state index in [0.717, 1.165) is 22.4 Å². The molecule has 2 aromatic carbocycles. The Morgan fingerprint density at radius 2 is 1.84 bits per heavy atom. The van der Waals surface area contributed by atoms with Crippen LogP contribution in [0.25, 0.3) is 0 Å². The Morgan fingerprint density at radius 3 is 2.47 bits per heavy atom. The third-order valence-corrected chi connectivity index (χ3v) is 2.99. The normalized spacial score (nSPS) is 12.2. The molecule has 0 aliphatic carbocycles. The van der Waals surface area contributed by atoms with E-state index in [2.05, 4.69) is 0 Å². The summed E-state index contributed by atoms with van der Waals surface area (Å²) in [5.74, 6) is 1.08. The van der Waals surface area contributed by atoms with Gasteiger partial charge in [0.15, 0.2) is 0 Å². The zero-order valence-corrected chi connectivity index (χ0v) is 11.3. The molecule has 2 rings (SSSR count). The number of phenols is 1. The Bertz CT molecular complexity index is 547. The molecule has 0 saturated heterocycles. The molecule has 1 unspecified atom stereocenters. The molecular formula is C16H19NO2. The minimum atomic E-state index is -0.0598. The van der Waals surface area contributed by atoms with Crippen molar-refractivity contribution in [1.82, 2.24) is 0 Å². The molecule has 3 N–H and O–H groups in total. The molecule has 19 heavy (non-hydrogen) atoms. The number of ether oxygens (including phenoxy) is 1. The third-order valence-electron chi connectivity index (χ3n) is 2.99. The Morgan fingerprint density at radius 1 is 1.16 bits per heavy atom. The highest BCUT2D eigenvalue weighted by Crippen LogP contribution is 2.26. The topological polar surface area (TPSA) is 55.5 Å². The lowest BCUT2D eigenvalue weighted by atomic mass is 10.1. The molecule has 0 bridgehead atoms. The molecule has 0 radical (unpaired) electrons. The van der Waals surface area contributed by atoms with Crippen LogP contribution in [0.2, 0.25) is 0 Å². The average molecular weight is 257 g/mol. The molecule has 0 saturated carbocycles. The van der Waals surface area contributed by atoms with Crippen molar-refractivity contribution in [2.75, 3.05) is 0 Å². The SMILES string of the molecule is Cc1ccc(C(C)N)c(OCc2ccc(O)cc2)c1. The van der Waals surface area contributed by atoms with Crippen molar-refractivity contribution in [3.05, 3.63) is 59.2 Å². The summed E-state index contributed by atoms with van der Waals surface area (Å²) >= 11 is 0. The Balaban J connectivity index is 2.14. The first-order valence-corrected chi connectivity index (χ1v) is 6.33. The highest BCUT2D eigenvalue weighted by atomic mass is 16.5. The van der Waals surface area contributed by atoms with Gasteiger partial charge in [-0.05, 0) is 43.2 Å². The lowest BCUT2D eigenvalue weighted by Crippen LogP contribution is -2.08. The average Bonchev–Trinajstić information content (AvgIpc) is 2.38. The lowest BCUT2D eigenvalue weighted by Gasteiger charge is -2.15. The number of hydrogen-bond acceptors (Lipinski definition) is 3. The van der Waals surface area contributed by atoms with Crippen LogP contribution in [0, 0.1) is 6.92 Å². The van der Waals surface area contributed by atoms with Gasteiger partial charge < -0.3 is 15.6 Å². The molecular weight excluding hydrogens is 238 g/mol. The summed E-state index contributed by atoms with van der Waals surface area (Å²) in [6, 6.07) is 13.0. The Kier molecular flexibility index (Phi) is 4.07. The molecule has 2 aromatic rings. The van der Waals surface area contributed by atoms with Crippen molar-refractivity contribution < 1.29 is 9.84 Å². The molecule has 3 nitrogen and oxygen atoms in total. The van der Waals surface area contributed by atoms with Gasteiger partial charge in [-0.2, -0.15) is 0 Å². The van der Waals surface area contributed by atoms with Crippen LogP contribution < -0.4 is 10.5 Å². The summed E-state index contributed by atoms with van der Waals surface area (Å²) in [7, 11) is 0. The number of phenolic OH excluding ortho intramolecular Hbond substituents is 1. The van der Waals surface area contributed by atoms with E-state index in [-0.39, 0.29) is 11.8 Å². The fraction of sp³-hybridized carbons (Fsp3) is 0.250. The smallest absolute Gasteiger partial charge is 0.124 e. The van der Waals surface area contributed by atoms with Crippen LogP contribution in [0.1, 0.15) is 29.7 Å². The fourth-order valence-electron chi connectivity index (χ4n) is 1.90. The standard InChI is InChI=1S/C16H19NO2/c1-11-3-8-15(12(2)17)16(9-11)19-10-13-4-6-14(18)7-5-13/h3-9,12,18H,10,17H2,1-2H3. The number of nitrogens with two attached hydrogens (primary N) is 1. The van der Waals surface area contributed by atoms with Gasteiger partial charge in [-0.15, -0.1) is 0 Å². The van der Waals surface area contributed by atoms with Crippen LogP contribution in [0.3, 0.4) is 0 Å². The van der Waals surface area contributed by atoms with E-state index in [1.165, 1.54) is 0 Å². The summed E-state index contributed by atoms with van der Waals surface area (Å²) in [6.45, 7) is 4.43. The van der Waals surface area contributed by atoms with Gasteiger partial charge in [-0.1, -0.05) is 24.3 Å². The van der Waals surface area contributed by atoms with Gasteiger partial charge in [0, 0.05) is 11.6 Å². The lowest BCUT2D eigenvalue weighted by molar-refractivity contribution is 0.301. The monoisotopic (exact) mass is 257 g/mol. The van der Waals surface area contributed by atoms with Gasteiger partial charge in [-0.25, -0.2) is 0 Å². The second-order valence-corrected chi connectivity index (χ2v) is 4.79. The van der Waals surface area contributed by atoms with E-state index in [1.807, 2.05) is 44.2 Å². The van der Waals surface area contributed by atoms with Gasteiger partial charge in [0.2, 0.25) is 0 Å². The van der Waals surface area contributed by atoms with Gasteiger partial charge in [0.1, 0.15) is 18.1 Å². The molecule has 1 atom stereocenters. The largest absolute Gasteiger partial charge is 0.508 e. The quantitative estimate of drug-likeness (QED) is 0.883. The minimum Gasteiger partial charge on any atom is -0.508 e. The summed E-state index contributed by atoms with van der Waals surface area (Å²) in [5, 5.41) is 9.24. The minimum absolute atomic E-state index is 0.0598. The maximum Gasteiger partial charge on any atom is 0.124 e. The highest BCUT2D eigenvalue weighted by Gasteiger charge is 2.08. The number of rotatable bonds is 4. The van der Waals surface area contributed by atoms with Crippen molar-refractivity contribution >= 4 is 0 Å². The second kappa shape index (κ2) is 5.76. The molecule has 0 spiro atoms. The summed E-state index contributed by atoms with van der Waals surface area (Å²) in [4.78, 5) is 0. The predicted octanol–water partition coefficient (Wildman–Crippen LogP) is 3.30. The van der Waals surface area contributed by atoms with Crippen LogP contribution in [0.5, 0.6) is 11.5 Å². The van der Waals surface area contributed by atoms with E-state index in [4.69, 9.17) is 10.5 Å². The molecule has 0 aliphatic rings. The van der Waals surface area contributed by atoms with Crippen LogP contribution in [-0.2, 0) is 6.61 Å². The van der Waals surface area contributed by atoms with Crippen molar-refractivity contribution in [2.24, 2.45) is 5.73 Å². The summed E-state index contributed by atoms with van der Waals surface area (Å²) < 4.78 is 5.84. The van der Waals surface area contributed by atoms with Crippen LogP contribution in [0.4, 0.5) is 0 Å². The van der Waals surface area contributed by atoms with Crippen LogP contribution >= 0.6 is 0 Å². The van der Waals surface area contributed by atoms with Gasteiger partial charge in [0.25, 0.3) is 0 Å². The maximum absolute atomic E-state index is 9.24. The number of hydrogen-bond donors (Lipinski definition) is 2. The van der Waals surface area contributed by atoms with E-state index in [1.54, 1.807) is 12.1 Å². The van der Waals surface area contributed by atoms with E-state index in [0.29, 0.717) is 6.61 Å². The van der Waals surface area contributed by atoms with Crippen molar-refractivity contribution in [1.29, 1.82) is 0 Å². The Hall–Kier alpha value is -2.00.